The molecule has 0 radical (unpaired) electrons. The molecule has 10 rings (SSSR count). The molecule has 1 aliphatic carbocycles. The molecule has 55 heavy (non-hydrogen) atoms. The van der Waals surface area contributed by atoms with Crippen LogP contribution >= 0.6 is 0 Å². The summed E-state index contributed by atoms with van der Waals surface area (Å²) in [5.74, 6) is 0. The molecule has 2 heteroatoms. The van der Waals surface area contributed by atoms with Crippen molar-refractivity contribution in [1.29, 1.82) is 0 Å². The molecule has 9 aromatic carbocycles. The van der Waals surface area contributed by atoms with Crippen LogP contribution in [0.4, 0.5) is 34.1 Å². The molecule has 0 fully saturated rings. The molecule has 0 saturated heterocycles. The zero-order valence-corrected chi connectivity index (χ0v) is 30.3. The van der Waals surface area contributed by atoms with Crippen molar-refractivity contribution in [2.45, 2.75) is 5.41 Å². The van der Waals surface area contributed by atoms with Crippen LogP contribution in [0.1, 0.15) is 22.3 Å². The van der Waals surface area contributed by atoms with Crippen LogP contribution in [0.2, 0.25) is 0 Å². The molecule has 1 aliphatic rings. The van der Waals surface area contributed by atoms with E-state index in [2.05, 4.69) is 240 Å². The van der Waals surface area contributed by atoms with Gasteiger partial charge < -0.3 is 9.80 Å². The summed E-state index contributed by atoms with van der Waals surface area (Å²) in [5, 5.41) is 2.47. The van der Waals surface area contributed by atoms with E-state index in [1.807, 2.05) is 0 Å². The van der Waals surface area contributed by atoms with E-state index in [1.165, 1.54) is 44.2 Å². The van der Waals surface area contributed by atoms with E-state index in [9.17, 15) is 0 Å². The monoisotopic (exact) mass is 702 g/mol. The summed E-state index contributed by atoms with van der Waals surface area (Å²) in [4.78, 5) is 4.78. The van der Waals surface area contributed by atoms with Gasteiger partial charge in [-0.1, -0.05) is 158 Å². The van der Waals surface area contributed by atoms with Crippen molar-refractivity contribution in [2.75, 3.05) is 9.80 Å². The number of hydrogen-bond acceptors (Lipinski definition) is 2. The number of hydrogen-bond donors (Lipinski definition) is 0. The lowest BCUT2D eigenvalue weighted by atomic mass is 9.67. The van der Waals surface area contributed by atoms with Crippen LogP contribution < -0.4 is 9.80 Å². The molecule has 0 aliphatic heterocycles. The number of para-hydroxylation sites is 3. The third-order valence-electron chi connectivity index (χ3n) is 11.0. The first-order valence-electron chi connectivity index (χ1n) is 18.9. The van der Waals surface area contributed by atoms with Gasteiger partial charge in [0.05, 0.1) is 11.1 Å². The molecular weight excluding hydrogens is 665 g/mol. The van der Waals surface area contributed by atoms with Gasteiger partial charge in [0.2, 0.25) is 0 Å². The van der Waals surface area contributed by atoms with E-state index in [0.29, 0.717) is 0 Å². The van der Waals surface area contributed by atoms with Gasteiger partial charge in [-0.25, -0.2) is 0 Å². The Bertz CT molecular complexity index is 2670. The number of rotatable bonds is 8. The summed E-state index contributed by atoms with van der Waals surface area (Å²) >= 11 is 0. The Hall–Kier alpha value is -7.16. The fourth-order valence-electron chi connectivity index (χ4n) is 8.77. The van der Waals surface area contributed by atoms with Crippen molar-refractivity contribution in [1.82, 2.24) is 0 Å². The van der Waals surface area contributed by atoms with Gasteiger partial charge in [-0.15, -0.1) is 0 Å². The maximum atomic E-state index is 2.45. The summed E-state index contributed by atoms with van der Waals surface area (Å²) in [6, 6.07) is 83.7. The molecule has 2 nitrogen and oxygen atoms in total. The lowest BCUT2D eigenvalue weighted by Gasteiger charge is -2.34. The summed E-state index contributed by atoms with van der Waals surface area (Å²) < 4.78 is 0. The summed E-state index contributed by atoms with van der Waals surface area (Å²) in [6.45, 7) is 0. The second kappa shape index (κ2) is 13.7. The average molecular weight is 703 g/mol. The topological polar surface area (TPSA) is 6.48 Å². The molecule has 9 aromatic rings. The van der Waals surface area contributed by atoms with Gasteiger partial charge in [0.1, 0.15) is 0 Å². The maximum absolute atomic E-state index is 2.45. The fraction of sp³-hybridized carbons (Fsp3) is 0.0189. The third-order valence-corrected chi connectivity index (χ3v) is 11.0. The van der Waals surface area contributed by atoms with E-state index in [0.717, 1.165) is 34.1 Å². The van der Waals surface area contributed by atoms with Crippen LogP contribution in [0.15, 0.2) is 231 Å². The molecule has 0 amide bonds. The Labute approximate surface area is 322 Å². The van der Waals surface area contributed by atoms with E-state index in [-0.39, 0.29) is 0 Å². The molecule has 260 valence electrons. The van der Waals surface area contributed by atoms with Gasteiger partial charge >= 0.3 is 0 Å². The lowest BCUT2D eigenvalue weighted by molar-refractivity contribution is 0.769. The summed E-state index contributed by atoms with van der Waals surface area (Å²) in [6.07, 6.45) is 0. The van der Waals surface area contributed by atoms with Gasteiger partial charge in [-0.05, 0) is 111 Å². The SMILES string of the molecule is c1ccc(N(c2ccccc2)c2cccc(N(c3ccccc3)c3cccc4c3-c3cc5ccccc5cc3C4(c3ccccc3)c3ccccc3)c2)cc1. The summed E-state index contributed by atoms with van der Waals surface area (Å²) in [5.41, 5.74) is 13.6. The highest BCUT2D eigenvalue weighted by Crippen LogP contribution is 2.60. The zero-order chi connectivity index (χ0) is 36.6. The molecule has 0 atom stereocenters. The number of anilines is 6. The Morgan fingerprint density at radius 3 is 1.25 bits per heavy atom. The van der Waals surface area contributed by atoms with Crippen LogP contribution in [-0.2, 0) is 5.41 Å². The second-order valence-corrected chi connectivity index (χ2v) is 14.1. The van der Waals surface area contributed by atoms with Crippen LogP contribution in [-0.4, -0.2) is 0 Å². The first-order chi connectivity index (χ1) is 27.3. The molecule has 0 N–H and O–H groups in total. The Kier molecular flexibility index (Phi) is 8.08. The Morgan fingerprint density at radius 2 is 0.709 bits per heavy atom. The van der Waals surface area contributed by atoms with Gasteiger partial charge in [0.25, 0.3) is 0 Å². The highest BCUT2D eigenvalue weighted by Gasteiger charge is 2.47. The van der Waals surface area contributed by atoms with Gasteiger partial charge in [0, 0.05) is 34.0 Å². The molecule has 0 aromatic heterocycles. The van der Waals surface area contributed by atoms with Crippen molar-refractivity contribution < 1.29 is 0 Å². The molecule has 0 unspecified atom stereocenters. The molecule has 0 spiro atoms. The van der Waals surface area contributed by atoms with Crippen LogP contribution in [0.5, 0.6) is 0 Å². The highest BCUT2D eigenvalue weighted by molar-refractivity contribution is 6.02. The predicted octanol–water partition coefficient (Wildman–Crippen LogP) is 14.1. The van der Waals surface area contributed by atoms with Gasteiger partial charge in [-0.2, -0.15) is 0 Å². The fourth-order valence-corrected chi connectivity index (χ4v) is 8.77. The normalized spacial score (nSPS) is 12.5. The molecule has 0 saturated carbocycles. The van der Waals surface area contributed by atoms with E-state index in [1.54, 1.807) is 0 Å². The van der Waals surface area contributed by atoms with Gasteiger partial charge in [-0.3, -0.25) is 0 Å². The van der Waals surface area contributed by atoms with E-state index in [4.69, 9.17) is 0 Å². The van der Waals surface area contributed by atoms with Crippen LogP contribution in [0, 0.1) is 0 Å². The minimum absolute atomic E-state index is 0.533. The number of nitrogens with zero attached hydrogens (tertiary/aromatic N) is 2. The third kappa shape index (κ3) is 5.42. The predicted molar refractivity (Wildman–Crippen MR) is 231 cm³/mol. The highest BCUT2D eigenvalue weighted by atomic mass is 15.2. The minimum atomic E-state index is -0.533. The summed E-state index contributed by atoms with van der Waals surface area (Å²) in [7, 11) is 0. The molecular formula is C53H38N2. The van der Waals surface area contributed by atoms with Gasteiger partial charge in [0.15, 0.2) is 0 Å². The van der Waals surface area contributed by atoms with Crippen molar-refractivity contribution in [3.05, 3.63) is 253 Å². The van der Waals surface area contributed by atoms with Crippen LogP contribution in [0.3, 0.4) is 0 Å². The molecule has 0 heterocycles. The lowest BCUT2D eigenvalue weighted by Crippen LogP contribution is -2.28. The van der Waals surface area contributed by atoms with Crippen molar-refractivity contribution in [2.24, 2.45) is 0 Å². The van der Waals surface area contributed by atoms with Crippen molar-refractivity contribution in [3.8, 4) is 11.1 Å². The average Bonchev–Trinajstić information content (AvgIpc) is 3.55. The Morgan fingerprint density at radius 1 is 0.291 bits per heavy atom. The van der Waals surface area contributed by atoms with E-state index < -0.39 is 5.41 Å². The quantitative estimate of drug-likeness (QED) is 0.156. The Balaban J connectivity index is 1.27. The van der Waals surface area contributed by atoms with Crippen molar-refractivity contribution in [3.63, 3.8) is 0 Å². The number of fused-ring (bicyclic) bond motifs is 4. The maximum Gasteiger partial charge on any atom is 0.0714 e. The van der Waals surface area contributed by atoms with Crippen molar-refractivity contribution >= 4 is 44.9 Å². The second-order valence-electron chi connectivity index (χ2n) is 14.1. The zero-order valence-electron chi connectivity index (χ0n) is 30.3. The standard InChI is InChI=1S/C53H38N2/c1-6-22-41(23-7-1)53(42-24-8-2-9-25-42)49-34-19-35-51(52(49)48-36-39-20-16-17-21-40(39)37-50(48)53)55(45-30-14-5-15-31-45)47-33-18-32-46(38-47)54(43-26-10-3-11-27-43)44-28-12-4-13-29-44/h1-38H. The first kappa shape index (κ1) is 32.5. The number of benzene rings is 9. The smallest absolute Gasteiger partial charge is 0.0714 e. The van der Waals surface area contributed by atoms with E-state index >= 15 is 0 Å². The minimum Gasteiger partial charge on any atom is -0.310 e. The first-order valence-corrected chi connectivity index (χ1v) is 18.9. The van der Waals surface area contributed by atoms with Crippen LogP contribution in [0.25, 0.3) is 21.9 Å². The molecule has 0 bridgehead atoms. The largest absolute Gasteiger partial charge is 0.310 e.